The molecule has 18 heavy (non-hydrogen) atoms. The molecule has 0 aliphatic carbocycles. The molecule has 0 amide bonds. The van der Waals surface area contributed by atoms with Gasteiger partial charge in [-0.2, -0.15) is 0 Å². The Morgan fingerprint density at radius 2 is 2.39 bits per heavy atom. The average molecular weight is 259 g/mol. The van der Waals surface area contributed by atoms with E-state index < -0.39 is 6.10 Å². The van der Waals surface area contributed by atoms with Gasteiger partial charge in [-0.15, -0.1) is 11.3 Å². The lowest BCUT2D eigenvalue weighted by atomic mass is 10.1. The van der Waals surface area contributed by atoms with Crippen molar-refractivity contribution in [1.29, 1.82) is 0 Å². The second kappa shape index (κ2) is 4.51. The van der Waals surface area contributed by atoms with Crippen LogP contribution >= 0.6 is 11.3 Å². The minimum atomic E-state index is -0.601. The van der Waals surface area contributed by atoms with Gasteiger partial charge >= 0.3 is 0 Å². The average Bonchev–Trinajstić information content (AvgIpc) is 2.90. The summed E-state index contributed by atoms with van der Waals surface area (Å²) >= 11 is 1.59. The highest BCUT2D eigenvalue weighted by Gasteiger charge is 2.14. The summed E-state index contributed by atoms with van der Waals surface area (Å²) in [4.78, 5) is 9.65. The number of aryl methyl sites for hydroxylation is 1. The van der Waals surface area contributed by atoms with E-state index in [1.807, 2.05) is 41.2 Å². The van der Waals surface area contributed by atoms with Crippen LogP contribution in [0.25, 0.3) is 4.96 Å². The van der Waals surface area contributed by atoms with Crippen LogP contribution in [0.4, 0.5) is 0 Å². The monoisotopic (exact) mass is 259 g/mol. The standard InChI is InChI=1S/C13H13N3OS/c1-9-3-2-4-14-12(9)11(17)7-10-8-16-5-6-18-13(16)15-10/h2-6,8,11,17H,7H2,1H3. The summed E-state index contributed by atoms with van der Waals surface area (Å²) in [5, 5.41) is 12.2. The molecular formula is C13H13N3OS. The lowest BCUT2D eigenvalue weighted by molar-refractivity contribution is 0.172. The first-order valence-corrected chi connectivity index (χ1v) is 6.62. The fourth-order valence-electron chi connectivity index (χ4n) is 2.02. The molecule has 0 saturated heterocycles. The van der Waals surface area contributed by atoms with Gasteiger partial charge in [0, 0.05) is 30.4 Å². The Labute approximate surface area is 109 Å². The zero-order valence-electron chi connectivity index (χ0n) is 9.95. The zero-order valence-corrected chi connectivity index (χ0v) is 10.8. The van der Waals surface area contributed by atoms with Crippen LogP contribution < -0.4 is 0 Å². The molecule has 5 heteroatoms. The van der Waals surface area contributed by atoms with Crippen LogP contribution in [-0.4, -0.2) is 19.5 Å². The van der Waals surface area contributed by atoms with E-state index in [1.54, 1.807) is 17.5 Å². The molecule has 92 valence electrons. The SMILES string of the molecule is Cc1cccnc1C(O)Cc1cn2ccsc2n1. The second-order valence-electron chi connectivity index (χ2n) is 4.25. The summed E-state index contributed by atoms with van der Waals surface area (Å²) in [6.45, 7) is 1.96. The Morgan fingerprint density at radius 1 is 1.50 bits per heavy atom. The molecule has 0 aliphatic heterocycles. The molecule has 0 saturated carbocycles. The van der Waals surface area contributed by atoms with Gasteiger partial charge < -0.3 is 5.11 Å². The molecule has 0 spiro atoms. The minimum absolute atomic E-state index is 0.492. The third-order valence-corrected chi connectivity index (χ3v) is 3.68. The van der Waals surface area contributed by atoms with Gasteiger partial charge in [-0.3, -0.25) is 9.38 Å². The summed E-state index contributed by atoms with van der Waals surface area (Å²) in [5.74, 6) is 0. The molecule has 1 atom stereocenters. The van der Waals surface area contributed by atoms with Crippen LogP contribution in [0.3, 0.4) is 0 Å². The molecule has 0 bridgehead atoms. The molecule has 0 radical (unpaired) electrons. The number of hydrogen-bond donors (Lipinski definition) is 1. The Balaban J connectivity index is 1.84. The lowest BCUT2D eigenvalue weighted by Crippen LogP contribution is -2.06. The summed E-state index contributed by atoms with van der Waals surface area (Å²) in [5.41, 5.74) is 2.62. The highest BCUT2D eigenvalue weighted by Crippen LogP contribution is 2.20. The van der Waals surface area contributed by atoms with Gasteiger partial charge in [-0.05, 0) is 18.6 Å². The van der Waals surface area contributed by atoms with Crippen molar-refractivity contribution >= 4 is 16.3 Å². The van der Waals surface area contributed by atoms with E-state index in [2.05, 4.69) is 9.97 Å². The first-order chi connectivity index (χ1) is 8.74. The summed E-state index contributed by atoms with van der Waals surface area (Å²) in [6, 6.07) is 3.83. The molecule has 3 aromatic rings. The maximum Gasteiger partial charge on any atom is 0.193 e. The van der Waals surface area contributed by atoms with Gasteiger partial charge in [0.25, 0.3) is 0 Å². The van der Waals surface area contributed by atoms with Gasteiger partial charge in [-0.25, -0.2) is 4.98 Å². The number of rotatable bonds is 3. The Bertz CT molecular complexity index is 645. The maximum atomic E-state index is 10.2. The molecule has 1 unspecified atom stereocenters. The van der Waals surface area contributed by atoms with Crippen molar-refractivity contribution in [3.63, 3.8) is 0 Å². The molecule has 3 rings (SSSR count). The lowest BCUT2D eigenvalue weighted by Gasteiger charge is -2.10. The van der Waals surface area contributed by atoms with E-state index >= 15 is 0 Å². The molecular weight excluding hydrogens is 246 g/mol. The van der Waals surface area contributed by atoms with E-state index in [1.165, 1.54) is 0 Å². The number of pyridine rings is 1. The quantitative estimate of drug-likeness (QED) is 0.785. The highest BCUT2D eigenvalue weighted by atomic mass is 32.1. The smallest absolute Gasteiger partial charge is 0.193 e. The van der Waals surface area contributed by atoms with E-state index in [0.29, 0.717) is 6.42 Å². The molecule has 3 aromatic heterocycles. The third kappa shape index (κ3) is 2.02. The van der Waals surface area contributed by atoms with E-state index in [-0.39, 0.29) is 0 Å². The molecule has 1 N–H and O–H groups in total. The first kappa shape index (κ1) is 11.4. The Hall–Kier alpha value is -1.72. The third-order valence-electron chi connectivity index (χ3n) is 2.91. The number of thiazole rings is 1. The van der Waals surface area contributed by atoms with Gasteiger partial charge in [0.15, 0.2) is 4.96 Å². The van der Waals surface area contributed by atoms with Crippen molar-refractivity contribution in [3.8, 4) is 0 Å². The predicted molar refractivity (Wildman–Crippen MR) is 70.7 cm³/mol. The topological polar surface area (TPSA) is 50.4 Å². The molecule has 4 nitrogen and oxygen atoms in total. The maximum absolute atomic E-state index is 10.2. The van der Waals surface area contributed by atoms with Crippen molar-refractivity contribution in [2.24, 2.45) is 0 Å². The van der Waals surface area contributed by atoms with Crippen LogP contribution in [0.2, 0.25) is 0 Å². The van der Waals surface area contributed by atoms with E-state index in [9.17, 15) is 5.11 Å². The number of nitrogens with zero attached hydrogens (tertiary/aromatic N) is 3. The van der Waals surface area contributed by atoms with Crippen molar-refractivity contribution in [1.82, 2.24) is 14.4 Å². The summed E-state index contributed by atoms with van der Waals surface area (Å²) in [6.07, 6.45) is 5.52. The zero-order chi connectivity index (χ0) is 12.5. The number of hydrogen-bond acceptors (Lipinski definition) is 4. The molecule has 0 aliphatic rings. The Kier molecular flexibility index (Phi) is 2.85. The highest BCUT2D eigenvalue weighted by molar-refractivity contribution is 7.15. The number of imidazole rings is 1. The first-order valence-electron chi connectivity index (χ1n) is 5.74. The molecule has 0 aromatic carbocycles. The minimum Gasteiger partial charge on any atom is -0.386 e. The van der Waals surface area contributed by atoms with Crippen molar-refractivity contribution in [2.45, 2.75) is 19.4 Å². The second-order valence-corrected chi connectivity index (χ2v) is 5.12. The van der Waals surface area contributed by atoms with Crippen LogP contribution in [0.1, 0.15) is 23.1 Å². The fraction of sp³-hybridized carbons (Fsp3) is 0.231. The van der Waals surface area contributed by atoms with Crippen molar-refractivity contribution < 1.29 is 5.11 Å². The Morgan fingerprint density at radius 3 is 3.17 bits per heavy atom. The molecule has 0 fully saturated rings. The van der Waals surface area contributed by atoms with Crippen LogP contribution in [-0.2, 0) is 6.42 Å². The van der Waals surface area contributed by atoms with E-state index in [4.69, 9.17) is 0 Å². The van der Waals surface area contributed by atoms with Crippen molar-refractivity contribution in [2.75, 3.05) is 0 Å². The van der Waals surface area contributed by atoms with Gasteiger partial charge in [0.1, 0.15) is 6.10 Å². The number of aromatic nitrogens is 3. The largest absolute Gasteiger partial charge is 0.386 e. The predicted octanol–water partition coefficient (Wildman–Crippen LogP) is 2.38. The summed E-state index contributed by atoms with van der Waals surface area (Å²) < 4.78 is 1.97. The normalized spacial score (nSPS) is 13.0. The number of fused-ring (bicyclic) bond motifs is 1. The summed E-state index contributed by atoms with van der Waals surface area (Å²) in [7, 11) is 0. The van der Waals surface area contributed by atoms with Gasteiger partial charge in [0.05, 0.1) is 11.4 Å². The number of aliphatic hydroxyl groups is 1. The number of aliphatic hydroxyl groups excluding tert-OH is 1. The van der Waals surface area contributed by atoms with Gasteiger partial charge in [-0.1, -0.05) is 6.07 Å². The van der Waals surface area contributed by atoms with E-state index in [0.717, 1.165) is 21.9 Å². The van der Waals surface area contributed by atoms with Crippen LogP contribution in [0, 0.1) is 6.92 Å². The molecule has 3 heterocycles. The van der Waals surface area contributed by atoms with Gasteiger partial charge in [0.2, 0.25) is 0 Å². The van der Waals surface area contributed by atoms with Crippen LogP contribution in [0.5, 0.6) is 0 Å². The fourth-order valence-corrected chi connectivity index (χ4v) is 2.73. The van der Waals surface area contributed by atoms with Crippen LogP contribution in [0.15, 0.2) is 36.1 Å². The van der Waals surface area contributed by atoms with Crippen molar-refractivity contribution in [3.05, 3.63) is 53.1 Å².